The van der Waals surface area contributed by atoms with E-state index in [1.165, 1.54) is 16.0 Å². The van der Waals surface area contributed by atoms with Crippen molar-refractivity contribution >= 4 is 17.2 Å². The molecule has 0 atom stereocenters. The summed E-state index contributed by atoms with van der Waals surface area (Å²) in [6.07, 6.45) is 2.55. The van der Waals surface area contributed by atoms with Gasteiger partial charge in [0.05, 0.1) is 17.8 Å². The van der Waals surface area contributed by atoms with Gasteiger partial charge in [0.25, 0.3) is 11.5 Å². The first kappa shape index (κ1) is 20.3. The standard InChI is InChI=1S/C25H24N4O2/c1-18-11-12-23-28-20(15-24(30)29(23)17-18)16-27-22-10-6-5-9-21(22)25(31)26-14-13-19-7-3-2-4-8-19/h2-12,15,17,27H,13-14,16H2,1H3,(H,26,31). The summed E-state index contributed by atoms with van der Waals surface area (Å²) >= 11 is 0. The lowest BCUT2D eigenvalue weighted by atomic mass is 10.1. The third-order valence-electron chi connectivity index (χ3n) is 5.03. The van der Waals surface area contributed by atoms with Crippen molar-refractivity contribution in [3.8, 4) is 0 Å². The van der Waals surface area contributed by atoms with E-state index in [9.17, 15) is 9.59 Å². The van der Waals surface area contributed by atoms with Crippen molar-refractivity contribution in [3.05, 3.63) is 112 Å². The minimum atomic E-state index is -0.138. The van der Waals surface area contributed by atoms with Crippen LogP contribution in [-0.4, -0.2) is 21.8 Å². The summed E-state index contributed by atoms with van der Waals surface area (Å²) in [5.41, 5.74) is 4.52. The zero-order valence-corrected chi connectivity index (χ0v) is 17.3. The van der Waals surface area contributed by atoms with Crippen molar-refractivity contribution in [2.75, 3.05) is 11.9 Å². The number of amides is 1. The maximum atomic E-state index is 12.7. The molecule has 0 fully saturated rings. The van der Waals surface area contributed by atoms with Gasteiger partial charge in [0.1, 0.15) is 5.65 Å². The molecule has 0 spiro atoms. The van der Waals surface area contributed by atoms with Gasteiger partial charge in [-0.1, -0.05) is 48.5 Å². The number of fused-ring (bicyclic) bond motifs is 1. The zero-order valence-electron chi connectivity index (χ0n) is 17.3. The lowest BCUT2D eigenvalue weighted by Crippen LogP contribution is -2.26. The summed E-state index contributed by atoms with van der Waals surface area (Å²) in [5.74, 6) is -0.138. The van der Waals surface area contributed by atoms with Crippen LogP contribution in [0.3, 0.4) is 0 Å². The molecule has 2 aromatic heterocycles. The van der Waals surface area contributed by atoms with E-state index in [1.54, 1.807) is 12.3 Å². The number of aromatic nitrogens is 2. The molecule has 1 amide bonds. The fourth-order valence-corrected chi connectivity index (χ4v) is 3.43. The number of nitrogens with one attached hydrogen (secondary N) is 2. The minimum absolute atomic E-state index is 0.127. The van der Waals surface area contributed by atoms with E-state index in [0.717, 1.165) is 12.0 Å². The first-order chi connectivity index (χ1) is 15.1. The molecule has 2 heterocycles. The molecule has 4 rings (SSSR count). The highest BCUT2D eigenvalue weighted by atomic mass is 16.1. The van der Waals surface area contributed by atoms with Crippen LogP contribution >= 0.6 is 0 Å². The molecule has 0 aliphatic carbocycles. The molecule has 0 radical (unpaired) electrons. The zero-order chi connectivity index (χ0) is 21.6. The van der Waals surface area contributed by atoms with Gasteiger partial charge >= 0.3 is 0 Å². The number of anilines is 1. The molecule has 6 nitrogen and oxygen atoms in total. The number of rotatable bonds is 7. The molecule has 0 unspecified atom stereocenters. The SMILES string of the molecule is Cc1ccc2nc(CNc3ccccc3C(=O)NCCc3ccccc3)cc(=O)n2c1. The number of hydrogen-bond acceptors (Lipinski definition) is 4. The van der Waals surface area contributed by atoms with Crippen LogP contribution in [0.25, 0.3) is 5.65 Å². The Kier molecular flexibility index (Phi) is 6.08. The van der Waals surface area contributed by atoms with E-state index in [2.05, 4.69) is 15.6 Å². The van der Waals surface area contributed by atoms with Gasteiger partial charge in [0.15, 0.2) is 0 Å². The molecule has 0 aliphatic heterocycles. The largest absolute Gasteiger partial charge is 0.379 e. The Morgan fingerprint density at radius 3 is 2.61 bits per heavy atom. The van der Waals surface area contributed by atoms with Crippen molar-refractivity contribution in [3.63, 3.8) is 0 Å². The van der Waals surface area contributed by atoms with Gasteiger partial charge in [-0.25, -0.2) is 4.98 Å². The molecule has 0 aliphatic rings. The third-order valence-corrected chi connectivity index (χ3v) is 5.03. The van der Waals surface area contributed by atoms with Gasteiger partial charge in [0.2, 0.25) is 0 Å². The van der Waals surface area contributed by atoms with E-state index in [0.29, 0.717) is 35.7 Å². The van der Waals surface area contributed by atoms with Gasteiger partial charge < -0.3 is 10.6 Å². The highest BCUT2D eigenvalue weighted by Gasteiger charge is 2.11. The van der Waals surface area contributed by atoms with E-state index in [4.69, 9.17) is 0 Å². The van der Waals surface area contributed by atoms with Gasteiger partial charge in [-0.15, -0.1) is 0 Å². The Morgan fingerprint density at radius 1 is 1.00 bits per heavy atom. The molecule has 2 N–H and O–H groups in total. The molecule has 156 valence electrons. The number of benzene rings is 2. The first-order valence-electron chi connectivity index (χ1n) is 10.2. The number of nitrogens with zero attached hydrogens (tertiary/aromatic N) is 2. The van der Waals surface area contributed by atoms with Crippen LogP contribution in [0.2, 0.25) is 0 Å². The number of aryl methyl sites for hydroxylation is 1. The number of carbonyl (C=O) groups is 1. The Bertz CT molecular complexity index is 1270. The van der Waals surface area contributed by atoms with Crippen LogP contribution in [0.15, 0.2) is 83.8 Å². The maximum absolute atomic E-state index is 12.7. The Balaban J connectivity index is 1.44. The Labute approximate surface area is 180 Å². The van der Waals surface area contributed by atoms with Gasteiger partial charge in [-0.2, -0.15) is 0 Å². The van der Waals surface area contributed by atoms with Crippen LogP contribution < -0.4 is 16.2 Å². The highest BCUT2D eigenvalue weighted by molar-refractivity contribution is 5.99. The van der Waals surface area contributed by atoms with Gasteiger partial charge in [-0.05, 0) is 42.7 Å². The topological polar surface area (TPSA) is 75.5 Å². The van der Waals surface area contributed by atoms with Crippen LogP contribution in [-0.2, 0) is 13.0 Å². The predicted octanol–water partition coefficient (Wildman–Crippen LogP) is 3.59. The smallest absolute Gasteiger partial charge is 0.258 e. The summed E-state index contributed by atoms with van der Waals surface area (Å²) in [4.78, 5) is 29.7. The lowest BCUT2D eigenvalue weighted by molar-refractivity contribution is 0.0955. The monoisotopic (exact) mass is 412 g/mol. The summed E-state index contributed by atoms with van der Waals surface area (Å²) in [5, 5.41) is 6.23. The molecular formula is C25H24N4O2. The molecular weight excluding hydrogens is 388 g/mol. The number of pyridine rings is 1. The summed E-state index contributed by atoms with van der Waals surface area (Å²) in [6.45, 7) is 2.83. The molecule has 6 heteroatoms. The summed E-state index contributed by atoms with van der Waals surface area (Å²) in [6, 6.07) is 22.6. The fraction of sp³-hybridized carbons (Fsp3) is 0.160. The van der Waals surface area contributed by atoms with Crippen molar-refractivity contribution in [1.29, 1.82) is 0 Å². The second-order valence-electron chi connectivity index (χ2n) is 7.41. The van der Waals surface area contributed by atoms with Crippen LogP contribution in [0.5, 0.6) is 0 Å². The summed E-state index contributed by atoms with van der Waals surface area (Å²) in [7, 11) is 0. The molecule has 4 aromatic rings. The molecule has 0 saturated carbocycles. The number of hydrogen-bond donors (Lipinski definition) is 2. The van der Waals surface area contributed by atoms with Crippen molar-refractivity contribution in [1.82, 2.24) is 14.7 Å². The maximum Gasteiger partial charge on any atom is 0.258 e. The van der Waals surface area contributed by atoms with E-state index in [1.807, 2.05) is 67.6 Å². The number of para-hydroxylation sites is 1. The van der Waals surface area contributed by atoms with Crippen molar-refractivity contribution in [2.45, 2.75) is 19.9 Å². The molecule has 0 saturated heterocycles. The van der Waals surface area contributed by atoms with E-state index in [-0.39, 0.29) is 11.5 Å². The van der Waals surface area contributed by atoms with E-state index < -0.39 is 0 Å². The second kappa shape index (κ2) is 9.26. The molecule has 31 heavy (non-hydrogen) atoms. The Morgan fingerprint density at radius 2 is 1.77 bits per heavy atom. The van der Waals surface area contributed by atoms with Crippen molar-refractivity contribution in [2.24, 2.45) is 0 Å². The van der Waals surface area contributed by atoms with Crippen LogP contribution in [0, 0.1) is 6.92 Å². The average molecular weight is 412 g/mol. The van der Waals surface area contributed by atoms with Crippen LogP contribution in [0.4, 0.5) is 5.69 Å². The fourth-order valence-electron chi connectivity index (χ4n) is 3.43. The van der Waals surface area contributed by atoms with E-state index >= 15 is 0 Å². The second-order valence-corrected chi connectivity index (χ2v) is 7.41. The number of carbonyl (C=O) groups excluding carboxylic acids is 1. The predicted molar refractivity (Wildman–Crippen MR) is 122 cm³/mol. The lowest BCUT2D eigenvalue weighted by Gasteiger charge is -2.12. The van der Waals surface area contributed by atoms with Gasteiger partial charge in [0, 0.05) is 24.5 Å². The third kappa shape index (κ3) is 4.98. The minimum Gasteiger partial charge on any atom is -0.379 e. The van der Waals surface area contributed by atoms with Crippen LogP contribution in [0.1, 0.15) is 27.2 Å². The Hall–Kier alpha value is -3.93. The quantitative estimate of drug-likeness (QED) is 0.486. The highest BCUT2D eigenvalue weighted by Crippen LogP contribution is 2.16. The van der Waals surface area contributed by atoms with Gasteiger partial charge in [-0.3, -0.25) is 14.0 Å². The van der Waals surface area contributed by atoms with Crippen molar-refractivity contribution < 1.29 is 4.79 Å². The average Bonchev–Trinajstić information content (AvgIpc) is 2.79. The summed E-state index contributed by atoms with van der Waals surface area (Å²) < 4.78 is 1.53. The molecule has 0 bridgehead atoms. The normalized spacial score (nSPS) is 10.7. The first-order valence-corrected chi connectivity index (χ1v) is 10.2. The molecule has 2 aromatic carbocycles.